The molecule has 2 heteroatoms. The van der Waals surface area contributed by atoms with Crippen LogP contribution in [0.15, 0.2) is 40.8 Å². The number of Topliss-reactive ketones (excluding diaryl/α,β-unsaturated/α-hetero) is 1. The van der Waals surface area contributed by atoms with Crippen LogP contribution in [0.5, 0.6) is 0 Å². The van der Waals surface area contributed by atoms with Gasteiger partial charge >= 0.3 is 0 Å². The van der Waals surface area contributed by atoms with Crippen LogP contribution >= 0.6 is 0 Å². The first-order valence-corrected chi connectivity index (χ1v) is 4.85. The quantitative estimate of drug-likeness (QED) is 0.695. The Morgan fingerprint density at radius 3 is 2.47 bits per heavy atom. The molecular formula is C13H12O2. The van der Waals surface area contributed by atoms with Crippen LogP contribution in [-0.4, -0.2) is 5.78 Å². The molecule has 0 aliphatic rings. The molecule has 0 amide bonds. The molecule has 0 saturated heterocycles. The van der Waals surface area contributed by atoms with Crippen LogP contribution in [0.3, 0.4) is 0 Å². The summed E-state index contributed by atoms with van der Waals surface area (Å²) in [4.78, 5) is 11.4. The molecule has 1 aromatic heterocycles. The van der Waals surface area contributed by atoms with Crippen LogP contribution in [0.2, 0.25) is 0 Å². The van der Waals surface area contributed by atoms with Gasteiger partial charge in [0, 0.05) is 12.5 Å². The van der Waals surface area contributed by atoms with E-state index >= 15 is 0 Å². The zero-order valence-corrected chi connectivity index (χ0v) is 8.78. The first kappa shape index (κ1) is 9.71. The third-order valence-corrected chi connectivity index (χ3v) is 2.26. The second-order valence-electron chi connectivity index (χ2n) is 3.52. The first-order valence-electron chi connectivity index (χ1n) is 4.85. The molecule has 76 valence electrons. The van der Waals surface area contributed by atoms with Gasteiger partial charge in [-0.25, -0.2) is 0 Å². The number of furan rings is 1. The number of aryl methyl sites for hydroxylation is 1. The van der Waals surface area contributed by atoms with E-state index in [0.29, 0.717) is 5.76 Å². The van der Waals surface area contributed by atoms with Crippen molar-refractivity contribution >= 4 is 5.78 Å². The fraction of sp³-hybridized carbons (Fsp3) is 0.154. The van der Waals surface area contributed by atoms with Crippen molar-refractivity contribution in [3.05, 3.63) is 47.9 Å². The third kappa shape index (κ3) is 1.84. The summed E-state index contributed by atoms with van der Waals surface area (Å²) >= 11 is 0. The second kappa shape index (κ2) is 3.73. The molecule has 0 fully saturated rings. The van der Waals surface area contributed by atoms with Gasteiger partial charge in [0.2, 0.25) is 0 Å². The Labute approximate surface area is 88.5 Å². The number of carbonyl (C=O) groups excluding carboxylic acids is 1. The van der Waals surface area contributed by atoms with E-state index in [4.69, 9.17) is 4.42 Å². The van der Waals surface area contributed by atoms with Gasteiger partial charge in [0.15, 0.2) is 11.5 Å². The summed E-state index contributed by atoms with van der Waals surface area (Å²) in [5.41, 5.74) is 1.89. The molecule has 15 heavy (non-hydrogen) atoms. The summed E-state index contributed by atoms with van der Waals surface area (Å²) in [7, 11) is 0. The molecule has 1 aromatic carbocycles. The number of carbonyl (C=O) groups is 1. The highest BCUT2D eigenvalue weighted by Crippen LogP contribution is 2.27. The number of hydrogen-bond acceptors (Lipinski definition) is 2. The van der Waals surface area contributed by atoms with Crippen LogP contribution in [0.25, 0.3) is 11.1 Å². The van der Waals surface area contributed by atoms with Crippen molar-refractivity contribution in [2.45, 2.75) is 13.8 Å². The van der Waals surface area contributed by atoms with Crippen LogP contribution in [-0.2, 0) is 0 Å². The van der Waals surface area contributed by atoms with E-state index in [0.717, 1.165) is 16.9 Å². The number of ketones is 1. The van der Waals surface area contributed by atoms with Gasteiger partial charge in [-0.3, -0.25) is 4.79 Å². The molecule has 1 heterocycles. The van der Waals surface area contributed by atoms with Gasteiger partial charge < -0.3 is 4.42 Å². The zero-order chi connectivity index (χ0) is 10.8. The topological polar surface area (TPSA) is 30.2 Å². The Balaban J connectivity index is 2.58. The largest absolute Gasteiger partial charge is 0.458 e. The fourth-order valence-electron chi connectivity index (χ4n) is 1.61. The van der Waals surface area contributed by atoms with E-state index in [1.807, 2.05) is 43.3 Å². The Hall–Kier alpha value is -1.83. The molecule has 0 N–H and O–H groups in total. The molecule has 0 saturated carbocycles. The van der Waals surface area contributed by atoms with E-state index in [1.165, 1.54) is 6.92 Å². The van der Waals surface area contributed by atoms with Gasteiger partial charge in [-0.1, -0.05) is 30.3 Å². The van der Waals surface area contributed by atoms with Gasteiger partial charge in [-0.15, -0.1) is 0 Å². The van der Waals surface area contributed by atoms with Crippen molar-refractivity contribution in [3.63, 3.8) is 0 Å². The van der Waals surface area contributed by atoms with Crippen molar-refractivity contribution < 1.29 is 9.21 Å². The summed E-state index contributed by atoms with van der Waals surface area (Å²) in [6.07, 6.45) is 0. The average Bonchev–Trinajstić information content (AvgIpc) is 2.62. The normalized spacial score (nSPS) is 10.3. The van der Waals surface area contributed by atoms with E-state index in [9.17, 15) is 4.79 Å². The summed E-state index contributed by atoms with van der Waals surface area (Å²) in [6, 6.07) is 11.7. The van der Waals surface area contributed by atoms with Crippen molar-refractivity contribution in [2.24, 2.45) is 0 Å². The molecule has 0 aliphatic heterocycles. The number of benzene rings is 1. The van der Waals surface area contributed by atoms with Crippen LogP contribution < -0.4 is 0 Å². The maximum atomic E-state index is 11.4. The van der Waals surface area contributed by atoms with Crippen LogP contribution in [0, 0.1) is 6.92 Å². The van der Waals surface area contributed by atoms with Gasteiger partial charge in [0.25, 0.3) is 0 Å². The lowest BCUT2D eigenvalue weighted by molar-refractivity contribution is 0.0987. The molecule has 0 unspecified atom stereocenters. The monoisotopic (exact) mass is 200 g/mol. The van der Waals surface area contributed by atoms with Crippen molar-refractivity contribution in [1.82, 2.24) is 0 Å². The molecule has 2 aromatic rings. The molecular weight excluding hydrogens is 188 g/mol. The Bertz CT molecular complexity index is 480. The number of rotatable bonds is 2. The molecule has 0 atom stereocenters. The van der Waals surface area contributed by atoms with Crippen molar-refractivity contribution in [2.75, 3.05) is 0 Å². The molecule has 0 spiro atoms. The molecule has 0 aliphatic carbocycles. The Morgan fingerprint density at radius 2 is 1.87 bits per heavy atom. The van der Waals surface area contributed by atoms with E-state index in [-0.39, 0.29) is 5.78 Å². The SMILES string of the molecule is CC(=O)c1oc(C)cc1-c1ccccc1. The predicted molar refractivity (Wildman–Crippen MR) is 58.9 cm³/mol. The van der Waals surface area contributed by atoms with E-state index < -0.39 is 0 Å². The predicted octanol–water partition coefficient (Wildman–Crippen LogP) is 3.46. The minimum absolute atomic E-state index is 0.0399. The first-order chi connectivity index (χ1) is 7.18. The molecule has 2 nitrogen and oxygen atoms in total. The van der Waals surface area contributed by atoms with E-state index in [2.05, 4.69) is 0 Å². The van der Waals surface area contributed by atoms with Gasteiger partial charge in [-0.2, -0.15) is 0 Å². The molecule has 2 rings (SSSR count). The summed E-state index contributed by atoms with van der Waals surface area (Å²) < 4.78 is 5.38. The van der Waals surface area contributed by atoms with Gasteiger partial charge in [0.05, 0.1) is 0 Å². The molecule has 0 bridgehead atoms. The highest BCUT2D eigenvalue weighted by atomic mass is 16.3. The maximum absolute atomic E-state index is 11.4. The summed E-state index contributed by atoms with van der Waals surface area (Å²) in [6.45, 7) is 3.36. The highest BCUT2D eigenvalue weighted by Gasteiger charge is 2.14. The summed E-state index contributed by atoms with van der Waals surface area (Å²) in [5.74, 6) is 1.17. The van der Waals surface area contributed by atoms with Crippen LogP contribution in [0.1, 0.15) is 23.2 Å². The minimum Gasteiger partial charge on any atom is -0.458 e. The minimum atomic E-state index is -0.0399. The van der Waals surface area contributed by atoms with E-state index in [1.54, 1.807) is 0 Å². The second-order valence-corrected chi connectivity index (χ2v) is 3.52. The standard InChI is InChI=1S/C13H12O2/c1-9-8-12(13(15-9)10(2)14)11-6-4-3-5-7-11/h3-8H,1-2H3. The lowest BCUT2D eigenvalue weighted by Crippen LogP contribution is -1.91. The zero-order valence-electron chi connectivity index (χ0n) is 8.78. The average molecular weight is 200 g/mol. The van der Waals surface area contributed by atoms with Crippen molar-refractivity contribution in [1.29, 1.82) is 0 Å². The molecule has 0 radical (unpaired) electrons. The summed E-state index contributed by atoms with van der Waals surface area (Å²) in [5, 5.41) is 0. The van der Waals surface area contributed by atoms with Crippen LogP contribution in [0.4, 0.5) is 0 Å². The smallest absolute Gasteiger partial charge is 0.195 e. The Morgan fingerprint density at radius 1 is 1.20 bits per heavy atom. The third-order valence-electron chi connectivity index (χ3n) is 2.26. The van der Waals surface area contributed by atoms with Gasteiger partial charge in [-0.05, 0) is 18.6 Å². The van der Waals surface area contributed by atoms with Gasteiger partial charge in [0.1, 0.15) is 5.76 Å². The number of hydrogen-bond donors (Lipinski definition) is 0. The van der Waals surface area contributed by atoms with Crippen molar-refractivity contribution in [3.8, 4) is 11.1 Å². The lowest BCUT2D eigenvalue weighted by Gasteiger charge is -1.98. The fourth-order valence-corrected chi connectivity index (χ4v) is 1.61. The Kier molecular flexibility index (Phi) is 2.42. The lowest BCUT2D eigenvalue weighted by atomic mass is 10.0. The maximum Gasteiger partial charge on any atom is 0.195 e. The highest BCUT2D eigenvalue weighted by molar-refractivity contribution is 5.98.